The lowest BCUT2D eigenvalue weighted by Crippen LogP contribution is -2.17. The molecule has 3 N–H and O–H groups in total. The first-order valence-electron chi connectivity index (χ1n) is 2.52. The Bertz CT molecular complexity index is 147. The number of nitrogens with one attached hydrogen (secondary N) is 1. The van der Waals surface area contributed by atoms with Crippen LogP contribution in [0.1, 0.15) is 6.42 Å². The van der Waals surface area contributed by atoms with Crippen molar-refractivity contribution in [2.24, 2.45) is 5.10 Å². The Morgan fingerprint density at radius 2 is 2.30 bits per heavy atom. The minimum atomic E-state index is -1.16. The molecule has 0 atom stereocenters. The zero-order valence-corrected chi connectivity index (χ0v) is 6.01. The second-order valence-corrected chi connectivity index (χ2v) is 1.88. The van der Waals surface area contributed by atoms with Gasteiger partial charge in [-0.15, -0.1) is 0 Å². The van der Waals surface area contributed by atoms with Gasteiger partial charge < -0.3 is 5.11 Å². The van der Waals surface area contributed by atoms with Crippen LogP contribution in [-0.4, -0.2) is 27.7 Å². The number of nitrogens with zero attached hydrogens (tertiary/aromatic N) is 1. The highest BCUT2D eigenvalue weighted by Crippen LogP contribution is 1.88. The van der Waals surface area contributed by atoms with Crippen LogP contribution in [0, 0.1) is 0 Å². The van der Waals surface area contributed by atoms with Crippen LogP contribution in [-0.2, 0) is 4.79 Å². The van der Waals surface area contributed by atoms with Crippen LogP contribution >= 0.6 is 12.6 Å². The van der Waals surface area contributed by atoms with Gasteiger partial charge in [-0.1, -0.05) is 0 Å². The number of hydrazone groups is 1. The Hall–Kier alpha value is -0.750. The van der Waals surface area contributed by atoms with Crippen LogP contribution in [0.5, 0.6) is 0 Å². The fourth-order valence-electron chi connectivity index (χ4n) is 0.377. The number of thiol groups is 1. The number of hydrogen-bond acceptors (Lipinski definition) is 5. The molecule has 0 radical (unpaired) electrons. The Balaban J connectivity index is 3.98. The molecule has 0 unspecified atom stereocenters. The van der Waals surface area contributed by atoms with Gasteiger partial charge in [-0.25, -0.2) is 4.79 Å². The van der Waals surface area contributed by atoms with Crippen molar-refractivity contribution in [3.05, 3.63) is 0 Å². The van der Waals surface area contributed by atoms with Gasteiger partial charge in [-0.3, -0.25) is 5.21 Å². The van der Waals surface area contributed by atoms with Crippen molar-refractivity contribution in [1.82, 2.24) is 5.59 Å². The first-order valence-corrected chi connectivity index (χ1v) is 3.15. The number of hydrogen-bond donors (Lipinski definition) is 4. The summed E-state index contributed by atoms with van der Waals surface area (Å²) >= 11 is 3.79. The first-order chi connectivity index (χ1) is 4.72. The summed E-state index contributed by atoms with van der Waals surface area (Å²) in [6, 6.07) is 0. The average molecular weight is 164 g/mol. The Morgan fingerprint density at radius 3 is 2.60 bits per heavy atom. The summed E-state index contributed by atoms with van der Waals surface area (Å²) < 4.78 is 0. The molecule has 0 rings (SSSR count). The molecule has 0 aromatic heterocycles. The smallest absolute Gasteiger partial charge is 0.352 e. The maximum Gasteiger partial charge on any atom is 0.352 e. The molecule has 0 aliphatic rings. The van der Waals surface area contributed by atoms with Crippen LogP contribution in [0.4, 0.5) is 0 Å². The highest BCUT2D eigenvalue weighted by Gasteiger charge is 2.06. The molecule has 0 aromatic rings. The maximum absolute atomic E-state index is 10.2. The van der Waals surface area contributed by atoms with Crippen LogP contribution in [0.25, 0.3) is 0 Å². The number of carboxylic acids is 1. The van der Waals surface area contributed by atoms with E-state index >= 15 is 0 Å². The van der Waals surface area contributed by atoms with Crippen molar-refractivity contribution in [2.75, 3.05) is 5.75 Å². The van der Waals surface area contributed by atoms with Gasteiger partial charge in [-0.05, 0) is 5.75 Å². The van der Waals surface area contributed by atoms with Gasteiger partial charge in [0.05, 0.1) is 0 Å². The van der Waals surface area contributed by atoms with E-state index in [0.717, 1.165) is 0 Å². The number of aliphatic carboxylic acids is 1. The zero-order chi connectivity index (χ0) is 7.98. The van der Waals surface area contributed by atoms with Crippen molar-refractivity contribution < 1.29 is 15.1 Å². The van der Waals surface area contributed by atoms with Gasteiger partial charge in [-0.2, -0.15) is 23.3 Å². The van der Waals surface area contributed by atoms with Crippen molar-refractivity contribution in [2.45, 2.75) is 6.42 Å². The molecule has 0 heterocycles. The summed E-state index contributed by atoms with van der Waals surface area (Å²) in [5.41, 5.74) is 1.27. The van der Waals surface area contributed by atoms with Crippen LogP contribution < -0.4 is 5.59 Å². The third kappa shape index (κ3) is 3.31. The standard InChI is InChI=1S/C4H8N2O3S/c7-4(8)3(1-2-10)5-6-9/h6,9-10H,1-2H2,(H,7,8). The fourth-order valence-corrected chi connectivity index (χ4v) is 0.589. The van der Waals surface area contributed by atoms with Gasteiger partial charge in [0.15, 0.2) is 0 Å². The highest BCUT2D eigenvalue weighted by atomic mass is 32.1. The minimum Gasteiger partial charge on any atom is -0.477 e. The average Bonchev–Trinajstić information content (AvgIpc) is 1.87. The largest absolute Gasteiger partial charge is 0.477 e. The molecular weight excluding hydrogens is 156 g/mol. The fraction of sp³-hybridized carbons (Fsp3) is 0.500. The van der Waals surface area contributed by atoms with E-state index < -0.39 is 5.97 Å². The quantitative estimate of drug-likeness (QED) is 0.262. The summed E-state index contributed by atoms with van der Waals surface area (Å²) in [6.07, 6.45) is 0.214. The molecule has 0 amide bonds. The Morgan fingerprint density at radius 1 is 1.70 bits per heavy atom. The summed E-state index contributed by atoms with van der Waals surface area (Å²) in [6.45, 7) is 0. The van der Waals surface area contributed by atoms with E-state index in [2.05, 4.69) is 17.7 Å². The molecule has 10 heavy (non-hydrogen) atoms. The lowest BCUT2D eigenvalue weighted by molar-refractivity contribution is -0.129. The monoisotopic (exact) mass is 164 g/mol. The molecule has 0 fully saturated rings. The lowest BCUT2D eigenvalue weighted by atomic mass is 10.3. The van der Waals surface area contributed by atoms with Gasteiger partial charge in [0.1, 0.15) is 5.71 Å². The predicted molar refractivity (Wildman–Crippen MR) is 38.5 cm³/mol. The number of rotatable bonds is 4. The Labute approximate surface area is 63.1 Å². The van der Waals surface area contributed by atoms with E-state index in [1.165, 1.54) is 5.59 Å². The van der Waals surface area contributed by atoms with Gasteiger partial charge >= 0.3 is 5.97 Å². The van der Waals surface area contributed by atoms with Crippen LogP contribution in [0.15, 0.2) is 5.10 Å². The maximum atomic E-state index is 10.2. The molecule has 0 saturated carbocycles. The zero-order valence-electron chi connectivity index (χ0n) is 5.11. The Kier molecular flexibility index (Phi) is 4.69. The molecule has 58 valence electrons. The molecular formula is C4H8N2O3S. The summed E-state index contributed by atoms with van der Waals surface area (Å²) in [7, 11) is 0. The van der Waals surface area contributed by atoms with Gasteiger partial charge in [0.2, 0.25) is 0 Å². The van der Waals surface area contributed by atoms with Crippen molar-refractivity contribution >= 4 is 24.3 Å². The highest BCUT2D eigenvalue weighted by molar-refractivity contribution is 7.80. The van der Waals surface area contributed by atoms with E-state index in [0.29, 0.717) is 5.75 Å². The minimum absolute atomic E-state index is 0.141. The first kappa shape index (κ1) is 9.25. The molecule has 0 aliphatic carbocycles. The molecule has 0 spiro atoms. The molecule has 0 aromatic carbocycles. The third-order valence-electron chi connectivity index (χ3n) is 0.780. The number of carboxylic acid groups (broad SMARTS) is 1. The van der Waals surface area contributed by atoms with Gasteiger partial charge in [0.25, 0.3) is 0 Å². The van der Waals surface area contributed by atoms with Gasteiger partial charge in [0, 0.05) is 6.42 Å². The van der Waals surface area contributed by atoms with Crippen molar-refractivity contribution in [3.8, 4) is 0 Å². The SMILES string of the molecule is O=C(O)C(CCS)=NNO. The summed E-state index contributed by atoms with van der Waals surface area (Å²) in [5, 5.41) is 19.4. The van der Waals surface area contributed by atoms with Crippen molar-refractivity contribution in [1.29, 1.82) is 0 Å². The molecule has 6 heteroatoms. The summed E-state index contributed by atoms with van der Waals surface area (Å²) in [5.74, 6) is -0.775. The van der Waals surface area contributed by atoms with Crippen LogP contribution in [0.3, 0.4) is 0 Å². The lowest BCUT2D eigenvalue weighted by Gasteiger charge is -1.95. The van der Waals surface area contributed by atoms with Crippen molar-refractivity contribution in [3.63, 3.8) is 0 Å². The second kappa shape index (κ2) is 5.07. The summed E-state index contributed by atoms with van der Waals surface area (Å²) in [4.78, 5) is 10.2. The van der Waals surface area contributed by atoms with Crippen LogP contribution in [0.2, 0.25) is 0 Å². The van der Waals surface area contributed by atoms with E-state index in [1.807, 2.05) is 0 Å². The molecule has 0 aliphatic heterocycles. The second-order valence-electron chi connectivity index (χ2n) is 1.44. The van der Waals surface area contributed by atoms with E-state index in [-0.39, 0.29) is 12.1 Å². The predicted octanol–water partition coefficient (Wildman–Crippen LogP) is -0.274. The van der Waals surface area contributed by atoms with E-state index in [1.54, 1.807) is 0 Å². The third-order valence-corrected chi connectivity index (χ3v) is 1.00. The topological polar surface area (TPSA) is 81.9 Å². The van der Waals surface area contributed by atoms with E-state index in [9.17, 15) is 4.79 Å². The van der Waals surface area contributed by atoms with E-state index in [4.69, 9.17) is 10.3 Å². The normalized spacial score (nSPS) is 11.2. The molecule has 0 saturated heterocycles. The molecule has 0 bridgehead atoms. The molecule has 5 nitrogen and oxygen atoms in total. The number of carbonyl (C=O) groups is 1.